The first-order chi connectivity index (χ1) is 10.5. The Morgan fingerprint density at radius 3 is 3.00 bits per heavy atom. The predicted octanol–water partition coefficient (Wildman–Crippen LogP) is 0.768. The van der Waals surface area contributed by atoms with Gasteiger partial charge in [0.25, 0.3) is 0 Å². The van der Waals surface area contributed by atoms with E-state index in [9.17, 15) is 13.2 Å². The van der Waals surface area contributed by atoms with Gasteiger partial charge in [0.05, 0.1) is 6.61 Å². The number of nitrogens with zero attached hydrogens (tertiary/aromatic N) is 1. The molecule has 1 fully saturated rings. The molecule has 1 atom stereocenters. The molecule has 2 aliphatic rings. The summed E-state index contributed by atoms with van der Waals surface area (Å²) in [5.41, 5.74) is 0.928. The summed E-state index contributed by atoms with van der Waals surface area (Å²) in [6.07, 6.45) is 1.94. The van der Waals surface area contributed by atoms with Crippen LogP contribution in [0.5, 0.6) is 5.75 Å². The highest BCUT2D eigenvalue weighted by Gasteiger charge is 2.28. The first kappa shape index (κ1) is 15.3. The number of hydrogen-bond acceptors (Lipinski definition) is 4. The molecule has 1 aromatic carbocycles. The van der Waals surface area contributed by atoms with Crippen LogP contribution in [-0.4, -0.2) is 46.0 Å². The fourth-order valence-electron chi connectivity index (χ4n) is 2.88. The van der Waals surface area contributed by atoms with Crippen molar-refractivity contribution in [1.82, 2.24) is 9.62 Å². The maximum Gasteiger partial charge on any atom is 0.244 e. The zero-order chi connectivity index (χ0) is 15.7. The minimum absolute atomic E-state index is 0.0520. The number of hydrogen-bond donors (Lipinski definition) is 1. The molecule has 1 saturated heterocycles. The molecular weight excluding hydrogens is 304 g/mol. The van der Waals surface area contributed by atoms with Crippen LogP contribution in [0.3, 0.4) is 0 Å². The Morgan fingerprint density at radius 2 is 2.23 bits per heavy atom. The average molecular weight is 324 g/mol. The van der Waals surface area contributed by atoms with E-state index in [-0.39, 0.29) is 23.3 Å². The number of sulfonamides is 1. The molecule has 0 radical (unpaired) electrons. The Balaban J connectivity index is 1.70. The Kier molecular flexibility index (Phi) is 4.10. The molecule has 120 valence electrons. The number of nitrogens with one attached hydrogen (secondary N) is 1. The highest BCUT2D eigenvalue weighted by Crippen LogP contribution is 2.32. The summed E-state index contributed by atoms with van der Waals surface area (Å²) < 4.78 is 33.1. The summed E-state index contributed by atoms with van der Waals surface area (Å²) in [5.74, 6) is 0.588. The lowest BCUT2D eigenvalue weighted by Crippen LogP contribution is -2.40. The fourth-order valence-corrected chi connectivity index (χ4v) is 4.18. The molecule has 3 rings (SSSR count). The quantitative estimate of drug-likeness (QED) is 0.887. The molecule has 7 heteroatoms. The molecular formula is C15H20N2O4S. The van der Waals surface area contributed by atoms with Crippen molar-refractivity contribution in [2.24, 2.45) is 5.92 Å². The van der Waals surface area contributed by atoms with Crippen LogP contribution in [-0.2, 0) is 21.2 Å². The number of para-hydroxylation sites is 1. The van der Waals surface area contributed by atoms with Gasteiger partial charge in [-0.1, -0.05) is 12.1 Å². The van der Waals surface area contributed by atoms with Gasteiger partial charge in [0.2, 0.25) is 15.9 Å². The first-order valence-corrected chi connectivity index (χ1v) is 8.94. The summed E-state index contributed by atoms with van der Waals surface area (Å²) in [5, 5.41) is 0. The highest BCUT2D eigenvalue weighted by atomic mass is 32.2. The van der Waals surface area contributed by atoms with Gasteiger partial charge in [0.15, 0.2) is 0 Å². The molecule has 1 unspecified atom stereocenters. The van der Waals surface area contributed by atoms with E-state index in [4.69, 9.17) is 4.74 Å². The van der Waals surface area contributed by atoms with Crippen molar-refractivity contribution in [2.45, 2.75) is 24.2 Å². The SMILES string of the molecule is CN1CCC(CNS(=O)(=O)c2cccc3c2OCC3)CC1=O. The lowest BCUT2D eigenvalue weighted by molar-refractivity contribution is -0.133. The molecule has 0 spiro atoms. The minimum Gasteiger partial charge on any atom is -0.492 e. The molecule has 2 aliphatic heterocycles. The number of rotatable bonds is 4. The second-order valence-electron chi connectivity index (χ2n) is 5.87. The molecule has 22 heavy (non-hydrogen) atoms. The van der Waals surface area contributed by atoms with Gasteiger partial charge in [0, 0.05) is 33.0 Å². The predicted molar refractivity (Wildman–Crippen MR) is 81.2 cm³/mol. The van der Waals surface area contributed by atoms with Crippen molar-refractivity contribution in [3.8, 4) is 5.75 Å². The van der Waals surface area contributed by atoms with Crippen molar-refractivity contribution in [3.05, 3.63) is 23.8 Å². The Hall–Kier alpha value is -1.60. The number of piperidine rings is 1. The fraction of sp³-hybridized carbons (Fsp3) is 0.533. The van der Waals surface area contributed by atoms with Gasteiger partial charge in [-0.2, -0.15) is 0 Å². The number of carbonyl (C=O) groups is 1. The molecule has 1 N–H and O–H groups in total. The summed E-state index contributed by atoms with van der Waals surface area (Å²) in [7, 11) is -1.84. The number of ether oxygens (including phenoxy) is 1. The first-order valence-electron chi connectivity index (χ1n) is 7.45. The van der Waals surface area contributed by atoms with Crippen molar-refractivity contribution >= 4 is 15.9 Å². The lowest BCUT2D eigenvalue weighted by atomic mass is 9.97. The van der Waals surface area contributed by atoms with Crippen molar-refractivity contribution in [2.75, 3.05) is 26.7 Å². The van der Waals surface area contributed by atoms with Crippen LogP contribution in [0, 0.1) is 5.92 Å². The highest BCUT2D eigenvalue weighted by molar-refractivity contribution is 7.89. The molecule has 1 aromatic rings. The number of amides is 1. The molecule has 0 saturated carbocycles. The summed E-state index contributed by atoms with van der Waals surface area (Å²) in [6.45, 7) is 1.48. The van der Waals surface area contributed by atoms with Crippen molar-refractivity contribution in [3.63, 3.8) is 0 Å². The summed E-state index contributed by atoms with van der Waals surface area (Å²) in [6, 6.07) is 5.18. The monoisotopic (exact) mass is 324 g/mol. The topological polar surface area (TPSA) is 75.7 Å². The van der Waals surface area contributed by atoms with Gasteiger partial charge < -0.3 is 9.64 Å². The van der Waals surface area contributed by atoms with E-state index in [0.717, 1.165) is 18.4 Å². The molecule has 2 heterocycles. The number of benzene rings is 1. The maximum atomic E-state index is 12.5. The van der Waals surface area contributed by atoms with E-state index in [2.05, 4.69) is 4.72 Å². The van der Waals surface area contributed by atoms with Gasteiger partial charge in [-0.15, -0.1) is 0 Å². The third-order valence-corrected chi connectivity index (χ3v) is 5.74. The van der Waals surface area contributed by atoms with Crippen LogP contribution in [0.2, 0.25) is 0 Å². The normalized spacial score (nSPS) is 21.6. The van der Waals surface area contributed by atoms with Crippen molar-refractivity contribution in [1.29, 1.82) is 0 Å². The number of fused-ring (bicyclic) bond motifs is 1. The van der Waals surface area contributed by atoms with Crippen LogP contribution in [0.25, 0.3) is 0 Å². The van der Waals surface area contributed by atoms with Crippen LogP contribution in [0.4, 0.5) is 0 Å². The molecule has 6 nitrogen and oxygen atoms in total. The third-order valence-electron chi connectivity index (χ3n) is 4.29. The smallest absolute Gasteiger partial charge is 0.244 e. The summed E-state index contributed by atoms with van der Waals surface area (Å²) in [4.78, 5) is 13.6. The van der Waals surface area contributed by atoms with E-state index < -0.39 is 10.0 Å². The van der Waals surface area contributed by atoms with Gasteiger partial charge in [-0.05, 0) is 24.0 Å². The van der Waals surface area contributed by atoms with Crippen LogP contribution in [0.15, 0.2) is 23.1 Å². The van der Waals surface area contributed by atoms with Crippen molar-refractivity contribution < 1.29 is 17.9 Å². The van der Waals surface area contributed by atoms with Crippen LogP contribution in [0.1, 0.15) is 18.4 Å². The molecule has 0 aliphatic carbocycles. The minimum atomic E-state index is -3.62. The van der Waals surface area contributed by atoms with Gasteiger partial charge in [-0.25, -0.2) is 13.1 Å². The third kappa shape index (κ3) is 2.96. The largest absolute Gasteiger partial charge is 0.492 e. The van der Waals surface area contributed by atoms with Gasteiger partial charge in [-0.3, -0.25) is 4.79 Å². The van der Waals surface area contributed by atoms with Crippen LogP contribution >= 0.6 is 0 Å². The van der Waals surface area contributed by atoms with E-state index >= 15 is 0 Å². The number of likely N-dealkylation sites (tertiary alicyclic amines) is 1. The second-order valence-corrected chi connectivity index (χ2v) is 7.60. The Morgan fingerprint density at radius 1 is 1.41 bits per heavy atom. The maximum absolute atomic E-state index is 12.5. The molecule has 1 amide bonds. The summed E-state index contributed by atoms with van der Waals surface area (Å²) >= 11 is 0. The van der Waals surface area contributed by atoms with E-state index in [1.807, 2.05) is 6.07 Å². The Labute approximate surface area is 130 Å². The average Bonchev–Trinajstić information content (AvgIpc) is 2.97. The standard InChI is InChI=1S/C15H20N2O4S/c1-17-7-5-11(9-14(17)18)10-16-22(19,20)13-4-2-3-12-6-8-21-15(12)13/h2-4,11,16H,5-10H2,1H3. The van der Waals surface area contributed by atoms with E-state index in [1.54, 1.807) is 24.1 Å². The number of carbonyl (C=O) groups excluding carboxylic acids is 1. The Bertz CT molecular complexity index is 687. The van der Waals surface area contributed by atoms with E-state index in [0.29, 0.717) is 25.3 Å². The molecule has 0 aromatic heterocycles. The van der Waals surface area contributed by atoms with Gasteiger partial charge >= 0.3 is 0 Å². The zero-order valence-electron chi connectivity index (χ0n) is 12.5. The zero-order valence-corrected chi connectivity index (χ0v) is 13.4. The van der Waals surface area contributed by atoms with Gasteiger partial charge in [0.1, 0.15) is 10.6 Å². The second kappa shape index (κ2) is 5.89. The lowest BCUT2D eigenvalue weighted by Gasteiger charge is -2.28. The van der Waals surface area contributed by atoms with E-state index in [1.165, 1.54) is 0 Å². The molecule has 0 bridgehead atoms. The van der Waals surface area contributed by atoms with Crippen LogP contribution < -0.4 is 9.46 Å².